The molecular weight excluding hydrogens is 568 g/mol. The van der Waals surface area contributed by atoms with Gasteiger partial charge in [0.15, 0.2) is 0 Å². The van der Waals surface area contributed by atoms with E-state index < -0.39 is 6.04 Å². The quantitative estimate of drug-likeness (QED) is 0.350. The lowest BCUT2D eigenvalue weighted by atomic mass is 10.1. The Balaban J connectivity index is 1.46. The van der Waals surface area contributed by atoms with Crippen LogP contribution in [0.3, 0.4) is 0 Å². The first kappa shape index (κ1) is 22.7. The second-order valence-electron chi connectivity index (χ2n) is 8.28. The van der Waals surface area contributed by atoms with Crippen LogP contribution in [0.25, 0.3) is 22.1 Å². The highest BCUT2D eigenvalue weighted by molar-refractivity contribution is 9.10. The van der Waals surface area contributed by atoms with Crippen molar-refractivity contribution in [1.29, 1.82) is 0 Å². The molecule has 1 saturated heterocycles. The Kier molecular flexibility index (Phi) is 5.94. The van der Waals surface area contributed by atoms with Crippen molar-refractivity contribution >= 4 is 77.4 Å². The fourth-order valence-electron chi connectivity index (χ4n) is 4.41. The number of nitrogens with two attached hydrogens (primary N) is 1. The molecule has 3 N–H and O–H groups in total. The van der Waals surface area contributed by atoms with Gasteiger partial charge in [-0.3, -0.25) is 9.59 Å². The molecule has 4 aromatic rings. The van der Waals surface area contributed by atoms with Gasteiger partial charge in [-0.05, 0) is 68.5 Å². The number of nitrogens with one attached hydrogen (secondary N) is 1. The molecule has 0 bridgehead atoms. The van der Waals surface area contributed by atoms with Gasteiger partial charge in [-0.25, -0.2) is 19.9 Å². The van der Waals surface area contributed by atoms with E-state index >= 15 is 0 Å². The molecule has 0 saturated carbocycles. The van der Waals surface area contributed by atoms with Gasteiger partial charge in [-0.15, -0.1) is 0 Å². The Morgan fingerprint density at radius 1 is 1.15 bits per heavy atom. The molecule has 2 amide bonds. The lowest BCUT2D eigenvalue weighted by Crippen LogP contribution is -2.44. The van der Waals surface area contributed by atoms with Crippen LogP contribution in [0, 0.1) is 5.92 Å². The number of pyridine rings is 2. The summed E-state index contributed by atoms with van der Waals surface area (Å²) < 4.78 is 3.03. The van der Waals surface area contributed by atoms with Crippen LogP contribution in [0.1, 0.15) is 13.3 Å². The van der Waals surface area contributed by atoms with E-state index in [9.17, 15) is 9.59 Å². The van der Waals surface area contributed by atoms with Gasteiger partial charge in [0.05, 0.1) is 10.9 Å². The second kappa shape index (κ2) is 8.91. The highest BCUT2D eigenvalue weighted by Crippen LogP contribution is 2.31. The van der Waals surface area contributed by atoms with Crippen molar-refractivity contribution in [3.8, 4) is 0 Å². The van der Waals surface area contributed by atoms with E-state index in [-0.39, 0.29) is 24.3 Å². The molecule has 2 atom stereocenters. The highest BCUT2D eigenvalue weighted by Gasteiger charge is 2.38. The molecule has 5 heterocycles. The first-order valence-corrected chi connectivity index (χ1v) is 12.2. The van der Waals surface area contributed by atoms with Gasteiger partial charge in [0.1, 0.15) is 50.9 Å². The van der Waals surface area contributed by atoms with Crippen molar-refractivity contribution in [2.45, 2.75) is 25.9 Å². The smallest absolute Gasteiger partial charge is 0.248 e. The van der Waals surface area contributed by atoms with E-state index in [0.717, 1.165) is 0 Å². The van der Waals surface area contributed by atoms with Crippen LogP contribution in [0.5, 0.6) is 0 Å². The summed E-state index contributed by atoms with van der Waals surface area (Å²) in [5.74, 6) is 0.454. The second-order valence-corrected chi connectivity index (χ2v) is 9.91. The standard InChI is InChI=1S/C22H20Br2N8O2/c1-11-7-13(22(34)30-16-4-2-3-14(23)28-16)31(8-11)17(33)9-32-12-5-6-15(24)29-19(12)18-20(25)26-10-27-21(18)32/h2-6,10-11,13H,7-9H2,1H3,(H2,25,26,27)(H,28,30,34)/t11-,13+/m1/s1. The molecule has 0 radical (unpaired) electrons. The third kappa shape index (κ3) is 4.11. The number of nitrogens with zero attached hydrogens (tertiary/aromatic N) is 6. The molecule has 1 aliphatic rings. The molecule has 0 aliphatic carbocycles. The largest absolute Gasteiger partial charge is 0.383 e. The van der Waals surface area contributed by atoms with Gasteiger partial charge in [-0.2, -0.15) is 0 Å². The molecule has 10 nitrogen and oxygen atoms in total. The van der Waals surface area contributed by atoms with E-state index in [1.807, 2.05) is 13.0 Å². The molecule has 4 aromatic heterocycles. The number of nitrogen functional groups attached to an aromatic ring is 1. The van der Waals surface area contributed by atoms with Crippen LogP contribution in [-0.2, 0) is 16.1 Å². The van der Waals surface area contributed by atoms with E-state index in [1.165, 1.54) is 6.33 Å². The molecule has 34 heavy (non-hydrogen) atoms. The van der Waals surface area contributed by atoms with Gasteiger partial charge in [0.2, 0.25) is 11.8 Å². The number of halogens is 2. The van der Waals surface area contributed by atoms with Crippen molar-refractivity contribution in [2.75, 3.05) is 17.6 Å². The summed E-state index contributed by atoms with van der Waals surface area (Å²) in [5, 5.41) is 3.42. The fourth-order valence-corrected chi connectivity index (χ4v) is 5.06. The predicted octanol–water partition coefficient (Wildman–Crippen LogP) is 3.36. The Labute approximate surface area is 211 Å². The first-order valence-electron chi connectivity index (χ1n) is 10.6. The van der Waals surface area contributed by atoms with E-state index in [4.69, 9.17) is 5.73 Å². The number of carbonyl (C=O) groups excluding carboxylic acids is 2. The Bertz CT molecular complexity index is 1440. The summed E-state index contributed by atoms with van der Waals surface area (Å²) in [6.07, 6.45) is 1.94. The third-order valence-electron chi connectivity index (χ3n) is 5.87. The summed E-state index contributed by atoms with van der Waals surface area (Å²) in [6, 6.07) is 8.33. The van der Waals surface area contributed by atoms with Crippen LogP contribution in [0.4, 0.5) is 11.6 Å². The predicted molar refractivity (Wildman–Crippen MR) is 135 cm³/mol. The summed E-state index contributed by atoms with van der Waals surface area (Å²) in [5.41, 5.74) is 7.97. The minimum Gasteiger partial charge on any atom is -0.383 e. The normalized spacial score (nSPS) is 18.0. The van der Waals surface area contributed by atoms with Crippen LogP contribution in [0.2, 0.25) is 0 Å². The number of likely N-dealkylation sites (tertiary alicyclic amines) is 1. The number of amides is 2. The van der Waals surface area contributed by atoms with Crippen molar-refractivity contribution in [3.05, 3.63) is 45.9 Å². The van der Waals surface area contributed by atoms with Gasteiger partial charge >= 0.3 is 0 Å². The van der Waals surface area contributed by atoms with Gasteiger partial charge in [-0.1, -0.05) is 13.0 Å². The minimum atomic E-state index is -0.594. The average molecular weight is 588 g/mol. The van der Waals surface area contributed by atoms with Crippen molar-refractivity contribution in [1.82, 2.24) is 29.4 Å². The van der Waals surface area contributed by atoms with Crippen molar-refractivity contribution < 1.29 is 9.59 Å². The summed E-state index contributed by atoms with van der Waals surface area (Å²) in [4.78, 5) is 45.5. The molecule has 5 rings (SSSR count). The zero-order valence-corrected chi connectivity index (χ0v) is 21.2. The van der Waals surface area contributed by atoms with E-state index in [0.29, 0.717) is 55.9 Å². The number of aromatic nitrogens is 5. The SMILES string of the molecule is C[C@@H]1C[C@@H](C(=O)Nc2cccc(Br)n2)N(C(=O)Cn2c3ccc(Br)nc3c3c(N)ncnc32)C1. The molecule has 1 aliphatic heterocycles. The monoisotopic (exact) mass is 586 g/mol. The zero-order chi connectivity index (χ0) is 24.0. The van der Waals surface area contributed by atoms with Crippen LogP contribution >= 0.6 is 31.9 Å². The number of carbonyl (C=O) groups is 2. The molecule has 12 heteroatoms. The van der Waals surface area contributed by atoms with E-state index in [2.05, 4.69) is 57.1 Å². The summed E-state index contributed by atoms with van der Waals surface area (Å²) in [6.45, 7) is 2.51. The van der Waals surface area contributed by atoms with Crippen molar-refractivity contribution in [3.63, 3.8) is 0 Å². The first-order chi connectivity index (χ1) is 16.3. The number of rotatable bonds is 4. The lowest BCUT2D eigenvalue weighted by molar-refractivity contribution is -0.137. The summed E-state index contributed by atoms with van der Waals surface area (Å²) in [7, 11) is 0. The molecule has 0 aromatic carbocycles. The maximum absolute atomic E-state index is 13.5. The third-order valence-corrected chi connectivity index (χ3v) is 6.76. The summed E-state index contributed by atoms with van der Waals surface area (Å²) >= 11 is 6.69. The van der Waals surface area contributed by atoms with Gasteiger partial charge in [0.25, 0.3) is 0 Å². The highest BCUT2D eigenvalue weighted by atomic mass is 79.9. The fraction of sp³-hybridized carbons (Fsp3) is 0.273. The average Bonchev–Trinajstić information content (AvgIpc) is 3.33. The Morgan fingerprint density at radius 3 is 2.74 bits per heavy atom. The van der Waals surface area contributed by atoms with Crippen molar-refractivity contribution in [2.24, 2.45) is 5.92 Å². The zero-order valence-electron chi connectivity index (χ0n) is 18.1. The minimum absolute atomic E-state index is 0.00853. The van der Waals surface area contributed by atoms with Gasteiger partial charge in [0, 0.05) is 6.54 Å². The van der Waals surface area contributed by atoms with Gasteiger partial charge < -0.3 is 20.5 Å². The van der Waals surface area contributed by atoms with Crippen LogP contribution in [-0.4, -0.2) is 53.8 Å². The maximum Gasteiger partial charge on any atom is 0.248 e. The maximum atomic E-state index is 13.5. The number of anilines is 2. The van der Waals surface area contributed by atoms with Crippen LogP contribution < -0.4 is 11.1 Å². The topological polar surface area (TPSA) is 132 Å². The molecule has 174 valence electrons. The number of fused-ring (bicyclic) bond motifs is 3. The molecule has 1 fully saturated rings. The lowest BCUT2D eigenvalue weighted by Gasteiger charge is -2.24. The molecular formula is C22H20Br2N8O2. The van der Waals surface area contributed by atoms with E-state index in [1.54, 1.807) is 33.7 Å². The molecule has 0 unspecified atom stereocenters. The molecule has 0 spiro atoms. The Morgan fingerprint density at radius 2 is 1.94 bits per heavy atom. The van der Waals surface area contributed by atoms with Crippen LogP contribution in [0.15, 0.2) is 45.9 Å². The number of hydrogen-bond donors (Lipinski definition) is 2. The Hall–Kier alpha value is -3.12. The number of hydrogen-bond acceptors (Lipinski definition) is 7.